The highest BCUT2D eigenvalue weighted by atomic mass is 32.2. The maximum absolute atomic E-state index is 12.1. The molecule has 3 aromatic rings. The number of carbonyl (C=O) groups excluding carboxylic acids is 2. The van der Waals surface area contributed by atoms with Crippen molar-refractivity contribution in [2.24, 2.45) is 0 Å². The summed E-state index contributed by atoms with van der Waals surface area (Å²) in [6.07, 6.45) is 3.20. The highest BCUT2D eigenvalue weighted by molar-refractivity contribution is 8.01. The van der Waals surface area contributed by atoms with Crippen LogP contribution in [0.15, 0.2) is 65.0 Å². The van der Waals surface area contributed by atoms with Crippen LogP contribution in [0.2, 0.25) is 0 Å². The quantitative estimate of drug-likeness (QED) is 0.276. The van der Waals surface area contributed by atoms with Crippen LogP contribution in [0.3, 0.4) is 0 Å². The number of rotatable bonds is 7. The number of aromatic nitrogens is 2. The minimum atomic E-state index is -0.274. The van der Waals surface area contributed by atoms with Crippen molar-refractivity contribution in [3.05, 3.63) is 77.4 Å². The number of hydrogen-bond donors (Lipinski definition) is 1. The van der Waals surface area contributed by atoms with E-state index in [0.29, 0.717) is 15.0 Å². The summed E-state index contributed by atoms with van der Waals surface area (Å²) >= 11 is 2.55. The van der Waals surface area contributed by atoms with Crippen molar-refractivity contribution in [3.63, 3.8) is 0 Å². The molecule has 5 nitrogen and oxygen atoms in total. The second-order valence-corrected chi connectivity index (χ2v) is 7.88. The van der Waals surface area contributed by atoms with Crippen molar-refractivity contribution < 1.29 is 9.59 Å². The number of nitrogens with one attached hydrogen (secondary N) is 1. The van der Waals surface area contributed by atoms with Crippen LogP contribution in [0.25, 0.3) is 6.08 Å². The lowest BCUT2D eigenvalue weighted by Crippen LogP contribution is -2.07. The molecule has 0 aliphatic heterocycles. The third kappa shape index (κ3) is 5.87. The van der Waals surface area contributed by atoms with Gasteiger partial charge in [-0.3, -0.25) is 14.9 Å². The van der Waals surface area contributed by atoms with Gasteiger partial charge in [-0.2, -0.15) is 0 Å². The van der Waals surface area contributed by atoms with Crippen molar-refractivity contribution in [1.82, 2.24) is 10.2 Å². The Kier molecular flexibility index (Phi) is 6.51. The average Bonchev–Trinajstić information content (AvgIpc) is 3.13. The number of benzene rings is 2. The van der Waals surface area contributed by atoms with Gasteiger partial charge in [-0.15, -0.1) is 10.2 Å². The standard InChI is InChI=1S/C20H17N3O2S2/c1-14-7-9-15(10-8-14)11-12-18(25)21-19-22-23-20(27-19)26-13-17(24)16-5-3-2-4-6-16/h2-12H,13H2,1H3,(H,21,22,25). The predicted octanol–water partition coefficient (Wildman–Crippen LogP) is 4.47. The van der Waals surface area contributed by atoms with Crippen molar-refractivity contribution in [2.45, 2.75) is 11.3 Å². The number of thioether (sulfide) groups is 1. The van der Waals surface area contributed by atoms with E-state index in [4.69, 9.17) is 0 Å². The largest absolute Gasteiger partial charge is 0.297 e. The van der Waals surface area contributed by atoms with Crippen molar-refractivity contribution in [2.75, 3.05) is 11.1 Å². The first-order valence-corrected chi connectivity index (χ1v) is 10.0. The zero-order chi connectivity index (χ0) is 19.1. The smallest absolute Gasteiger partial charge is 0.250 e. The molecule has 0 fully saturated rings. The Balaban J connectivity index is 1.50. The number of aryl methyl sites for hydroxylation is 1. The van der Waals surface area contributed by atoms with Gasteiger partial charge < -0.3 is 0 Å². The maximum Gasteiger partial charge on any atom is 0.250 e. The summed E-state index contributed by atoms with van der Waals surface area (Å²) in [5, 5.41) is 11.0. The molecule has 0 unspecified atom stereocenters. The van der Waals surface area contributed by atoms with Crippen molar-refractivity contribution in [3.8, 4) is 0 Å². The van der Waals surface area contributed by atoms with Gasteiger partial charge in [0.1, 0.15) is 0 Å². The summed E-state index contributed by atoms with van der Waals surface area (Å²) in [5.41, 5.74) is 2.79. The van der Waals surface area contributed by atoms with Crippen LogP contribution in [0.4, 0.5) is 5.13 Å². The van der Waals surface area contributed by atoms with E-state index in [0.717, 1.165) is 5.56 Å². The van der Waals surface area contributed by atoms with Crippen LogP contribution in [-0.2, 0) is 4.79 Å². The number of amides is 1. The van der Waals surface area contributed by atoms with Crippen LogP contribution < -0.4 is 5.32 Å². The molecule has 0 atom stereocenters. The molecular weight excluding hydrogens is 378 g/mol. The summed E-state index contributed by atoms with van der Waals surface area (Å²) in [6.45, 7) is 2.01. The van der Waals surface area contributed by atoms with E-state index in [1.807, 2.05) is 49.4 Å². The molecule has 0 radical (unpaired) electrons. The summed E-state index contributed by atoms with van der Waals surface area (Å²) in [6, 6.07) is 17.0. The molecular formula is C20H17N3O2S2. The van der Waals surface area contributed by atoms with Gasteiger partial charge in [-0.1, -0.05) is 83.3 Å². The zero-order valence-electron chi connectivity index (χ0n) is 14.6. The fourth-order valence-corrected chi connectivity index (χ4v) is 3.80. The average molecular weight is 396 g/mol. The highest BCUT2D eigenvalue weighted by Crippen LogP contribution is 2.26. The zero-order valence-corrected chi connectivity index (χ0v) is 16.2. The maximum atomic E-state index is 12.1. The van der Waals surface area contributed by atoms with E-state index < -0.39 is 0 Å². The van der Waals surface area contributed by atoms with E-state index in [-0.39, 0.29) is 17.4 Å². The van der Waals surface area contributed by atoms with Crippen LogP contribution in [-0.4, -0.2) is 27.6 Å². The van der Waals surface area contributed by atoms with Crippen LogP contribution in [0, 0.1) is 6.92 Å². The molecule has 0 spiro atoms. The molecule has 27 heavy (non-hydrogen) atoms. The molecule has 7 heteroatoms. The monoisotopic (exact) mass is 395 g/mol. The number of ketones is 1. The SMILES string of the molecule is Cc1ccc(C=CC(=O)Nc2nnc(SCC(=O)c3ccccc3)s2)cc1. The number of carbonyl (C=O) groups is 2. The molecule has 136 valence electrons. The lowest BCUT2D eigenvalue weighted by molar-refractivity contribution is -0.111. The van der Waals surface area contributed by atoms with E-state index >= 15 is 0 Å². The number of anilines is 1. The molecule has 0 aliphatic carbocycles. The molecule has 2 aromatic carbocycles. The summed E-state index contributed by atoms with van der Waals surface area (Å²) < 4.78 is 0.636. The second-order valence-electron chi connectivity index (χ2n) is 5.68. The molecule has 1 N–H and O–H groups in total. The third-order valence-corrected chi connectivity index (χ3v) is 5.54. The first-order chi connectivity index (χ1) is 13.1. The van der Waals surface area contributed by atoms with E-state index in [1.54, 1.807) is 18.2 Å². The topological polar surface area (TPSA) is 72.0 Å². The lowest BCUT2D eigenvalue weighted by atomic mass is 10.1. The van der Waals surface area contributed by atoms with E-state index in [2.05, 4.69) is 15.5 Å². The van der Waals surface area contributed by atoms with Gasteiger partial charge in [0.15, 0.2) is 10.1 Å². The Morgan fingerprint density at radius 1 is 1.07 bits per heavy atom. The molecule has 1 aromatic heterocycles. The van der Waals surface area contributed by atoms with Gasteiger partial charge in [0.2, 0.25) is 11.0 Å². The number of nitrogens with zero attached hydrogens (tertiary/aromatic N) is 2. The van der Waals surface area contributed by atoms with E-state index in [9.17, 15) is 9.59 Å². The van der Waals surface area contributed by atoms with Crippen molar-refractivity contribution >= 4 is 46.0 Å². The van der Waals surface area contributed by atoms with Gasteiger partial charge >= 0.3 is 0 Å². The van der Waals surface area contributed by atoms with Gasteiger partial charge in [0, 0.05) is 11.6 Å². The summed E-state index contributed by atoms with van der Waals surface area (Å²) in [7, 11) is 0. The Bertz CT molecular complexity index is 951. The molecule has 0 saturated carbocycles. The first kappa shape index (κ1) is 19.0. The predicted molar refractivity (Wildman–Crippen MR) is 110 cm³/mol. The fourth-order valence-electron chi connectivity index (χ4n) is 2.15. The van der Waals surface area contributed by atoms with E-state index in [1.165, 1.54) is 34.7 Å². The molecule has 0 aliphatic rings. The van der Waals surface area contributed by atoms with Gasteiger partial charge in [0.25, 0.3) is 0 Å². The van der Waals surface area contributed by atoms with Crippen molar-refractivity contribution in [1.29, 1.82) is 0 Å². The van der Waals surface area contributed by atoms with Crippen LogP contribution in [0.1, 0.15) is 21.5 Å². The summed E-state index contributed by atoms with van der Waals surface area (Å²) in [4.78, 5) is 24.1. The highest BCUT2D eigenvalue weighted by Gasteiger charge is 2.10. The Hall–Kier alpha value is -2.77. The first-order valence-electron chi connectivity index (χ1n) is 8.20. The fraction of sp³-hybridized carbons (Fsp3) is 0.100. The molecule has 3 rings (SSSR count). The van der Waals surface area contributed by atoms with Gasteiger partial charge in [-0.05, 0) is 18.6 Å². The van der Waals surface area contributed by atoms with Crippen LogP contribution in [0.5, 0.6) is 0 Å². The Morgan fingerprint density at radius 2 is 1.81 bits per heavy atom. The Labute approximate surface area is 165 Å². The molecule has 1 amide bonds. The van der Waals surface area contributed by atoms with Gasteiger partial charge in [0.05, 0.1) is 5.75 Å². The summed E-state index contributed by atoms with van der Waals surface area (Å²) in [5.74, 6) is 0.0333. The molecule has 0 saturated heterocycles. The molecule has 1 heterocycles. The Morgan fingerprint density at radius 3 is 2.56 bits per heavy atom. The molecule has 0 bridgehead atoms. The number of hydrogen-bond acceptors (Lipinski definition) is 6. The number of Topliss-reactive ketones (excluding diaryl/α,β-unsaturated/α-hetero) is 1. The minimum absolute atomic E-state index is 0.0300. The third-order valence-electron chi connectivity index (χ3n) is 3.56. The lowest BCUT2D eigenvalue weighted by Gasteiger charge is -1.98. The van der Waals surface area contributed by atoms with Crippen LogP contribution >= 0.6 is 23.1 Å². The normalized spacial score (nSPS) is 10.9. The van der Waals surface area contributed by atoms with Gasteiger partial charge in [-0.25, -0.2) is 0 Å². The minimum Gasteiger partial charge on any atom is -0.297 e. The second kappa shape index (κ2) is 9.25.